The molecule has 0 spiro atoms. The van der Waals surface area contributed by atoms with Crippen molar-refractivity contribution in [2.75, 3.05) is 6.54 Å². The average molecular weight is 229 g/mol. The predicted octanol–water partition coefficient (Wildman–Crippen LogP) is 3.45. The van der Waals surface area contributed by atoms with Crippen LogP contribution in [0.15, 0.2) is 23.2 Å². The number of carbonyl (C=O) groups excluding carboxylic acids is 1. The second-order valence-electron chi connectivity index (χ2n) is 5.21. The Labute approximate surface area is 103 Å². The minimum Gasteiger partial charge on any atom is -0.211 e. The maximum atomic E-state index is 10.4. The van der Waals surface area contributed by atoms with Crippen molar-refractivity contribution in [3.8, 4) is 0 Å². The predicted molar refractivity (Wildman–Crippen MR) is 69.1 cm³/mol. The molecule has 0 atom stereocenters. The summed E-state index contributed by atoms with van der Waals surface area (Å²) in [5.74, 6) is 0. The number of benzene rings is 1. The standard InChI is InChI=1S/C15H19NO/c1-12-5-6-13(2)14(9-12)15(10-16-11-17)7-3-4-8-15/h5-6,9H,3-4,7-8,10H2,1-2H3. The van der Waals surface area contributed by atoms with Crippen LogP contribution >= 0.6 is 0 Å². The molecule has 0 unspecified atom stereocenters. The number of rotatable bonds is 3. The summed E-state index contributed by atoms with van der Waals surface area (Å²) < 4.78 is 0. The third-order valence-electron chi connectivity index (χ3n) is 3.97. The van der Waals surface area contributed by atoms with Crippen molar-refractivity contribution in [3.05, 3.63) is 34.9 Å². The van der Waals surface area contributed by atoms with Crippen LogP contribution in [0.2, 0.25) is 0 Å². The Morgan fingerprint density at radius 2 is 2.00 bits per heavy atom. The highest BCUT2D eigenvalue weighted by Gasteiger charge is 2.36. The van der Waals surface area contributed by atoms with Gasteiger partial charge in [-0.3, -0.25) is 0 Å². The van der Waals surface area contributed by atoms with E-state index < -0.39 is 0 Å². The molecule has 2 heteroatoms. The number of nitrogens with zero attached hydrogens (tertiary/aromatic N) is 1. The molecule has 17 heavy (non-hydrogen) atoms. The van der Waals surface area contributed by atoms with Gasteiger partial charge in [0.2, 0.25) is 6.08 Å². The summed E-state index contributed by atoms with van der Waals surface area (Å²) in [6.07, 6.45) is 6.46. The third-order valence-corrected chi connectivity index (χ3v) is 3.97. The van der Waals surface area contributed by atoms with Gasteiger partial charge >= 0.3 is 0 Å². The van der Waals surface area contributed by atoms with E-state index in [4.69, 9.17) is 0 Å². The highest BCUT2D eigenvalue weighted by molar-refractivity contribution is 5.40. The van der Waals surface area contributed by atoms with E-state index in [9.17, 15) is 4.79 Å². The molecule has 1 aromatic carbocycles. The van der Waals surface area contributed by atoms with Gasteiger partial charge in [0.05, 0.1) is 6.54 Å². The lowest BCUT2D eigenvalue weighted by molar-refractivity contribution is 0.449. The fraction of sp³-hybridized carbons (Fsp3) is 0.533. The highest BCUT2D eigenvalue weighted by Crippen LogP contribution is 2.42. The molecule has 0 radical (unpaired) electrons. The first-order valence-electron chi connectivity index (χ1n) is 6.29. The minimum absolute atomic E-state index is 0.0908. The van der Waals surface area contributed by atoms with Crippen LogP contribution < -0.4 is 0 Å². The molecular formula is C15H19NO. The zero-order chi connectivity index (χ0) is 12.3. The fourth-order valence-electron chi connectivity index (χ4n) is 3.06. The molecule has 90 valence electrons. The van der Waals surface area contributed by atoms with Gasteiger partial charge in [-0.15, -0.1) is 0 Å². The lowest BCUT2D eigenvalue weighted by Gasteiger charge is -2.29. The number of aryl methyl sites for hydroxylation is 2. The zero-order valence-electron chi connectivity index (χ0n) is 10.6. The summed E-state index contributed by atoms with van der Waals surface area (Å²) in [7, 11) is 0. The molecule has 0 amide bonds. The van der Waals surface area contributed by atoms with Crippen LogP contribution in [0.5, 0.6) is 0 Å². The van der Waals surface area contributed by atoms with Crippen LogP contribution in [0.25, 0.3) is 0 Å². The van der Waals surface area contributed by atoms with E-state index in [0.717, 1.165) is 12.8 Å². The second-order valence-corrected chi connectivity index (χ2v) is 5.21. The van der Waals surface area contributed by atoms with Gasteiger partial charge in [0.15, 0.2) is 0 Å². The SMILES string of the molecule is Cc1ccc(C)c(C2(CN=C=O)CCCC2)c1. The molecule has 1 aliphatic rings. The molecule has 0 aliphatic heterocycles. The topological polar surface area (TPSA) is 29.4 Å². The van der Waals surface area contributed by atoms with Gasteiger partial charge in [0.1, 0.15) is 0 Å². The summed E-state index contributed by atoms with van der Waals surface area (Å²) in [5, 5.41) is 0. The van der Waals surface area contributed by atoms with Crippen molar-refractivity contribution in [1.29, 1.82) is 0 Å². The van der Waals surface area contributed by atoms with Gasteiger partial charge in [-0.05, 0) is 37.8 Å². The van der Waals surface area contributed by atoms with E-state index in [0.29, 0.717) is 6.54 Å². The van der Waals surface area contributed by atoms with E-state index in [1.807, 2.05) is 0 Å². The van der Waals surface area contributed by atoms with Crippen molar-refractivity contribution in [3.63, 3.8) is 0 Å². The van der Waals surface area contributed by atoms with E-state index >= 15 is 0 Å². The molecule has 2 nitrogen and oxygen atoms in total. The Bertz CT molecular complexity index is 452. The van der Waals surface area contributed by atoms with Crippen molar-refractivity contribution in [2.45, 2.75) is 44.9 Å². The Morgan fingerprint density at radius 1 is 1.29 bits per heavy atom. The number of isocyanates is 1. The Morgan fingerprint density at radius 3 is 2.65 bits per heavy atom. The van der Waals surface area contributed by atoms with Gasteiger partial charge in [-0.2, -0.15) is 0 Å². The third kappa shape index (κ3) is 2.32. The number of hydrogen-bond donors (Lipinski definition) is 0. The lowest BCUT2D eigenvalue weighted by atomic mass is 9.76. The van der Waals surface area contributed by atoms with Crippen molar-refractivity contribution < 1.29 is 4.79 Å². The van der Waals surface area contributed by atoms with E-state index in [-0.39, 0.29) is 5.41 Å². The lowest BCUT2D eigenvalue weighted by Crippen LogP contribution is -2.27. The largest absolute Gasteiger partial charge is 0.234 e. The summed E-state index contributed by atoms with van der Waals surface area (Å²) in [4.78, 5) is 14.3. The van der Waals surface area contributed by atoms with E-state index in [1.54, 1.807) is 6.08 Å². The molecule has 1 fully saturated rings. The fourth-order valence-corrected chi connectivity index (χ4v) is 3.06. The first kappa shape index (κ1) is 12.1. The normalized spacial score (nSPS) is 17.8. The summed E-state index contributed by atoms with van der Waals surface area (Å²) in [5.41, 5.74) is 4.08. The molecule has 0 N–H and O–H groups in total. The maximum Gasteiger partial charge on any atom is 0.234 e. The smallest absolute Gasteiger partial charge is 0.211 e. The number of hydrogen-bond acceptors (Lipinski definition) is 2. The van der Waals surface area contributed by atoms with Gasteiger partial charge < -0.3 is 0 Å². The highest BCUT2D eigenvalue weighted by atomic mass is 16.1. The van der Waals surface area contributed by atoms with Crippen molar-refractivity contribution in [1.82, 2.24) is 0 Å². The first-order chi connectivity index (χ1) is 8.18. The second kappa shape index (κ2) is 4.85. The van der Waals surface area contributed by atoms with Crippen LogP contribution in [0.1, 0.15) is 42.4 Å². The van der Waals surface area contributed by atoms with Gasteiger partial charge in [0.25, 0.3) is 0 Å². The molecule has 1 aromatic rings. The average Bonchev–Trinajstić information content (AvgIpc) is 2.79. The van der Waals surface area contributed by atoms with Crippen LogP contribution in [0.3, 0.4) is 0 Å². The molecule has 0 heterocycles. The quantitative estimate of drug-likeness (QED) is 0.576. The molecule has 0 aromatic heterocycles. The summed E-state index contributed by atoms with van der Waals surface area (Å²) in [6.45, 7) is 4.87. The molecule has 1 saturated carbocycles. The van der Waals surface area contributed by atoms with Gasteiger partial charge in [-0.1, -0.05) is 36.6 Å². The van der Waals surface area contributed by atoms with Crippen LogP contribution in [-0.4, -0.2) is 12.6 Å². The van der Waals surface area contributed by atoms with Crippen LogP contribution in [0, 0.1) is 13.8 Å². The van der Waals surface area contributed by atoms with Gasteiger partial charge in [0, 0.05) is 5.41 Å². The molecule has 1 aliphatic carbocycles. The molecule has 0 bridgehead atoms. The van der Waals surface area contributed by atoms with E-state index in [1.165, 1.54) is 29.5 Å². The molecule has 2 rings (SSSR count). The summed E-state index contributed by atoms with van der Waals surface area (Å²) >= 11 is 0. The van der Waals surface area contributed by atoms with Gasteiger partial charge in [-0.25, -0.2) is 9.79 Å². The Balaban J connectivity index is 2.44. The first-order valence-corrected chi connectivity index (χ1v) is 6.29. The maximum absolute atomic E-state index is 10.4. The Kier molecular flexibility index (Phi) is 3.44. The van der Waals surface area contributed by atoms with Crippen molar-refractivity contribution in [2.24, 2.45) is 4.99 Å². The summed E-state index contributed by atoms with van der Waals surface area (Å²) in [6, 6.07) is 6.58. The monoisotopic (exact) mass is 229 g/mol. The molecule has 0 saturated heterocycles. The minimum atomic E-state index is 0.0908. The van der Waals surface area contributed by atoms with Crippen LogP contribution in [0.4, 0.5) is 0 Å². The zero-order valence-corrected chi connectivity index (χ0v) is 10.6. The number of aliphatic imine (C=N–C) groups is 1. The van der Waals surface area contributed by atoms with E-state index in [2.05, 4.69) is 37.0 Å². The Hall–Kier alpha value is -1.40. The van der Waals surface area contributed by atoms with Crippen LogP contribution in [-0.2, 0) is 10.2 Å². The molecular weight excluding hydrogens is 210 g/mol. The van der Waals surface area contributed by atoms with Crippen molar-refractivity contribution >= 4 is 6.08 Å².